The van der Waals surface area contributed by atoms with Crippen molar-refractivity contribution in [3.05, 3.63) is 70.3 Å². The molecule has 1 aliphatic heterocycles. The normalized spacial score (nSPS) is 20.3. The lowest BCUT2D eigenvalue weighted by molar-refractivity contribution is 0.0303. The summed E-state index contributed by atoms with van der Waals surface area (Å²) in [7, 11) is 0. The molecule has 1 aliphatic carbocycles. The van der Waals surface area contributed by atoms with E-state index in [1.807, 2.05) is 29.2 Å². The van der Waals surface area contributed by atoms with E-state index in [0.717, 1.165) is 11.1 Å². The second-order valence-corrected chi connectivity index (χ2v) is 10.4. The van der Waals surface area contributed by atoms with Gasteiger partial charge >= 0.3 is 0 Å². The molecule has 2 aliphatic rings. The topological polar surface area (TPSA) is 29.5 Å². The lowest BCUT2D eigenvalue weighted by Gasteiger charge is -2.42. The third-order valence-corrected chi connectivity index (χ3v) is 7.15. The van der Waals surface area contributed by atoms with E-state index in [1.165, 1.54) is 35.1 Å². The summed E-state index contributed by atoms with van der Waals surface area (Å²) >= 11 is 0. The summed E-state index contributed by atoms with van der Waals surface area (Å²) in [4.78, 5) is 14.5. The van der Waals surface area contributed by atoms with E-state index >= 15 is 0 Å². The molecule has 0 aromatic heterocycles. The molecule has 3 nitrogen and oxygen atoms in total. The minimum absolute atomic E-state index is 0.0927. The number of nitrogens with zero attached hydrogens (tertiary/aromatic N) is 1. The minimum Gasteiger partial charge on any atom is -0.378 e. The highest BCUT2D eigenvalue weighted by Gasteiger charge is 2.36. The van der Waals surface area contributed by atoms with Crippen LogP contribution in [0.25, 0.3) is 11.6 Å². The fourth-order valence-corrected chi connectivity index (χ4v) is 4.84. The highest BCUT2D eigenvalue weighted by molar-refractivity contribution is 5.94. The molecule has 2 aromatic carbocycles. The Labute approximate surface area is 187 Å². The highest BCUT2D eigenvalue weighted by Crippen LogP contribution is 2.46. The number of amides is 1. The van der Waals surface area contributed by atoms with Crippen molar-refractivity contribution in [2.24, 2.45) is 0 Å². The lowest BCUT2D eigenvalue weighted by Crippen LogP contribution is -2.40. The van der Waals surface area contributed by atoms with Crippen molar-refractivity contribution < 1.29 is 9.53 Å². The summed E-state index contributed by atoms with van der Waals surface area (Å²) < 4.78 is 5.35. The molecular weight excluding hydrogens is 382 g/mol. The van der Waals surface area contributed by atoms with Gasteiger partial charge in [-0.15, -0.1) is 0 Å². The number of hydrogen-bond acceptors (Lipinski definition) is 2. The molecule has 0 radical (unpaired) electrons. The van der Waals surface area contributed by atoms with E-state index in [2.05, 4.69) is 58.9 Å². The van der Waals surface area contributed by atoms with Crippen molar-refractivity contribution >= 4 is 17.6 Å². The number of carbonyl (C=O) groups is 1. The predicted octanol–water partition coefficient (Wildman–Crippen LogP) is 6.07. The van der Waals surface area contributed by atoms with E-state index < -0.39 is 0 Å². The van der Waals surface area contributed by atoms with Crippen LogP contribution in [0.3, 0.4) is 0 Å². The van der Waals surface area contributed by atoms with E-state index in [4.69, 9.17) is 4.74 Å². The summed E-state index contributed by atoms with van der Waals surface area (Å²) in [6.45, 7) is 14.2. The molecule has 0 unspecified atom stereocenters. The molecule has 1 amide bonds. The molecule has 1 heterocycles. The van der Waals surface area contributed by atoms with Gasteiger partial charge in [-0.3, -0.25) is 4.79 Å². The second kappa shape index (κ2) is 8.27. The van der Waals surface area contributed by atoms with E-state index in [-0.39, 0.29) is 16.7 Å². The maximum atomic E-state index is 12.7. The van der Waals surface area contributed by atoms with E-state index in [9.17, 15) is 4.79 Å². The molecule has 1 saturated heterocycles. The molecule has 2 aromatic rings. The van der Waals surface area contributed by atoms with E-state index in [1.54, 1.807) is 0 Å². The zero-order chi connectivity index (χ0) is 22.2. The molecule has 4 rings (SSSR count). The first-order chi connectivity index (χ1) is 14.7. The van der Waals surface area contributed by atoms with Gasteiger partial charge in [-0.1, -0.05) is 64.1 Å². The van der Waals surface area contributed by atoms with E-state index in [0.29, 0.717) is 26.3 Å². The first kappa shape index (κ1) is 21.8. The Hall–Kier alpha value is -2.39. The second-order valence-electron chi connectivity index (χ2n) is 10.4. The number of allylic oxidation sites excluding steroid dienone is 1. The molecule has 0 N–H and O–H groups in total. The van der Waals surface area contributed by atoms with Gasteiger partial charge in [0.25, 0.3) is 5.91 Å². The summed E-state index contributed by atoms with van der Waals surface area (Å²) in [6, 6.07) is 15.0. The first-order valence-electron chi connectivity index (χ1n) is 11.5. The van der Waals surface area contributed by atoms with Crippen LogP contribution in [0.1, 0.15) is 80.1 Å². The van der Waals surface area contributed by atoms with Gasteiger partial charge in [-0.2, -0.15) is 0 Å². The number of carbonyl (C=O) groups excluding carboxylic acids is 1. The Morgan fingerprint density at radius 3 is 2.10 bits per heavy atom. The molecule has 1 fully saturated rings. The average molecular weight is 418 g/mol. The Bertz CT molecular complexity index is 992. The molecule has 3 heteroatoms. The van der Waals surface area contributed by atoms with Crippen LogP contribution < -0.4 is 0 Å². The Morgan fingerprint density at radius 2 is 1.45 bits per heavy atom. The number of fused-ring (bicyclic) bond motifs is 1. The van der Waals surface area contributed by atoms with Crippen molar-refractivity contribution in [1.29, 1.82) is 0 Å². The zero-order valence-corrected chi connectivity index (χ0v) is 19.6. The molecular formula is C28H35NO2. The van der Waals surface area contributed by atoms with Crippen LogP contribution in [-0.4, -0.2) is 37.1 Å². The van der Waals surface area contributed by atoms with Gasteiger partial charge < -0.3 is 9.64 Å². The minimum atomic E-state index is 0.0927. The van der Waals surface area contributed by atoms with Crippen molar-refractivity contribution in [3.63, 3.8) is 0 Å². The molecule has 0 spiro atoms. The summed E-state index contributed by atoms with van der Waals surface area (Å²) in [5.41, 5.74) is 7.81. The van der Waals surface area contributed by atoms with Gasteiger partial charge in [0, 0.05) is 18.7 Å². The summed E-state index contributed by atoms with van der Waals surface area (Å²) in [5.74, 6) is 0.0927. The fraction of sp³-hybridized carbons (Fsp3) is 0.464. The number of hydrogen-bond donors (Lipinski definition) is 0. The average Bonchev–Trinajstić information content (AvgIpc) is 2.77. The van der Waals surface area contributed by atoms with Crippen molar-refractivity contribution in [1.82, 2.24) is 4.90 Å². The highest BCUT2D eigenvalue weighted by atomic mass is 16.5. The third-order valence-electron chi connectivity index (χ3n) is 7.15. The number of ether oxygens (including phenoxy) is 1. The Morgan fingerprint density at radius 1 is 0.871 bits per heavy atom. The quantitative estimate of drug-likeness (QED) is 0.567. The number of morpholine rings is 1. The van der Waals surface area contributed by atoms with Crippen LogP contribution in [0.4, 0.5) is 0 Å². The summed E-state index contributed by atoms with van der Waals surface area (Å²) in [5, 5.41) is 0. The fourth-order valence-electron chi connectivity index (χ4n) is 4.84. The van der Waals surface area contributed by atoms with Gasteiger partial charge in [-0.25, -0.2) is 0 Å². The maximum absolute atomic E-state index is 12.7. The van der Waals surface area contributed by atoms with Gasteiger partial charge in [0.2, 0.25) is 0 Å². The lowest BCUT2D eigenvalue weighted by atomic mass is 9.63. The monoisotopic (exact) mass is 417 g/mol. The Balaban J connectivity index is 1.56. The van der Waals surface area contributed by atoms with Crippen LogP contribution in [0.2, 0.25) is 0 Å². The number of rotatable bonds is 3. The van der Waals surface area contributed by atoms with Crippen LogP contribution >= 0.6 is 0 Å². The molecule has 0 saturated carbocycles. The van der Waals surface area contributed by atoms with Gasteiger partial charge in [0.15, 0.2) is 0 Å². The van der Waals surface area contributed by atoms with Crippen molar-refractivity contribution in [3.8, 4) is 0 Å². The number of benzene rings is 2. The molecule has 0 atom stereocenters. The first-order valence-corrected chi connectivity index (χ1v) is 11.5. The van der Waals surface area contributed by atoms with Crippen LogP contribution in [0.5, 0.6) is 0 Å². The third kappa shape index (κ3) is 4.48. The largest absolute Gasteiger partial charge is 0.378 e. The van der Waals surface area contributed by atoms with Crippen LogP contribution in [0.15, 0.2) is 42.5 Å². The summed E-state index contributed by atoms with van der Waals surface area (Å²) in [6.07, 6.45) is 4.67. The van der Waals surface area contributed by atoms with Gasteiger partial charge in [0.1, 0.15) is 0 Å². The standard InChI is InChI=1S/C28H35NO2/c1-20(23-10-11-24-25(19-23)28(4,5)13-12-27(24,2)3)18-21-6-8-22(9-7-21)26(30)29-14-16-31-17-15-29/h6-11,18-19H,12-17H2,1-5H3/b20-18+. The molecule has 164 valence electrons. The maximum Gasteiger partial charge on any atom is 0.254 e. The Kier molecular flexibility index (Phi) is 5.83. The van der Waals surface area contributed by atoms with Gasteiger partial charge in [0.05, 0.1) is 13.2 Å². The molecule has 31 heavy (non-hydrogen) atoms. The van der Waals surface area contributed by atoms with Crippen LogP contribution in [0, 0.1) is 0 Å². The molecule has 0 bridgehead atoms. The zero-order valence-electron chi connectivity index (χ0n) is 19.6. The van der Waals surface area contributed by atoms with Crippen molar-refractivity contribution in [2.45, 2.75) is 58.3 Å². The predicted molar refractivity (Wildman–Crippen MR) is 128 cm³/mol. The van der Waals surface area contributed by atoms with Crippen LogP contribution in [-0.2, 0) is 15.6 Å². The smallest absolute Gasteiger partial charge is 0.254 e. The van der Waals surface area contributed by atoms with Gasteiger partial charge in [-0.05, 0) is 70.6 Å². The SMILES string of the molecule is C/C(=C\c1ccc(C(=O)N2CCOCC2)cc1)c1ccc2c(c1)C(C)(C)CCC2(C)C. The van der Waals surface area contributed by atoms with Crippen molar-refractivity contribution in [2.75, 3.05) is 26.3 Å².